The van der Waals surface area contributed by atoms with Crippen LogP contribution >= 0.6 is 0 Å². The Labute approximate surface area is 155 Å². The second-order valence-electron chi connectivity index (χ2n) is 5.86. The maximum atomic E-state index is 13.3. The molecule has 2 aromatic carbocycles. The van der Waals surface area contributed by atoms with Crippen LogP contribution in [0.2, 0.25) is 0 Å². The van der Waals surface area contributed by atoms with E-state index in [0.717, 1.165) is 22.5 Å². The molecule has 0 fully saturated rings. The normalized spacial score (nSPS) is 12.7. The van der Waals surface area contributed by atoms with Gasteiger partial charge >= 0.3 is 5.97 Å². The third-order valence-corrected chi connectivity index (χ3v) is 5.52. The first-order valence-corrected chi connectivity index (χ1v) is 9.21. The van der Waals surface area contributed by atoms with Gasteiger partial charge in [-0.15, -0.1) is 0 Å². The Bertz CT molecular complexity index is 989. The minimum atomic E-state index is -3.75. The Morgan fingerprint density at radius 1 is 1.00 bits per heavy atom. The lowest BCUT2D eigenvalue weighted by molar-refractivity contribution is 0.0318. The van der Waals surface area contributed by atoms with Crippen LogP contribution in [0.3, 0.4) is 0 Å². The highest BCUT2D eigenvalue weighted by Gasteiger charge is 2.23. The highest BCUT2D eigenvalue weighted by atomic mass is 32.2. The average molecular weight is 397 g/mol. The van der Waals surface area contributed by atoms with Crippen LogP contribution in [0, 0.1) is 11.6 Å². The van der Waals surface area contributed by atoms with Gasteiger partial charge in [0.2, 0.25) is 15.8 Å². The summed E-state index contributed by atoms with van der Waals surface area (Å²) in [5.74, 6) is -3.94. The molecule has 0 unspecified atom stereocenters. The van der Waals surface area contributed by atoms with Gasteiger partial charge in [0.25, 0.3) is 0 Å². The molecule has 0 aromatic heterocycles. The summed E-state index contributed by atoms with van der Waals surface area (Å²) < 4.78 is 56.5. The van der Waals surface area contributed by atoms with E-state index in [2.05, 4.69) is 0 Å². The molecule has 0 aliphatic heterocycles. The van der Waals surface area contributed by atoms with Crippen molar-refractivity contribution in [3.63, 3.8) is 0 Å². The van der Waals surface area contributed by atoms with E-state index in [1.165, 1.54) is 39.2 Å². The zero-order chi connectivity index (χ0) is 20.4. The molecular formula is C18H17F2NO5S. The number of carbonyl (C=O) groups excluding carboxylic acids is 2. The van der Waals surface area contributed by atoms with Gasteiger partial charge in [0.15, 0.2) is 17.7 Å². The summed E-state index contributed by atoms with van der Waals surface area (Å²) in [5.41, 5.74) is -0.221. The van der Waals surface area contributed by atoms with Gasteiger partial charge in [0.1, 0.15) is 0 Å². The topological polar surface area (TPSA) is 80.8 Å². The molecule has 0 saturated heterocycles. The van der Waals surface area contributed by atoms with Crippen LogP contribution in [0.5, 0.6) is 0 Å². The zero-order valence-electron chi connectivity index (χ0n) is 14.8. The van der Waals surface area contributed by atoms with E-state index in [1.807, 2.05) is 0 Å². The maximum absolute atomic E-state index is 13.3. The van der Waals surface area contributed by atoms with Crippen LogP contribution in [0.4, 0.5) is 8.78 Å². The van der Waals surface area contributed by atoms with Gasteiger partial charge < -0.3 is 4.74 Å². The molecule has 0 saturated carbocycles. The van der Waals surface area contributed by atoms with Crippen molar-refractivity contribution >= 4 is 21.8 Å². The monoisotopic (exact) mass is 397 g/mol. The van der Waals surface area contributed by atoms with Gasteiger partial charge in [-0.3, -0.25) is 4.79 Å². The highest BCUT2D eigenvalue weighted by molar-refractivity contribution is 7.89. The fourth-order valence-corrected chi connectivity index (χ4v) is 3.11. The number of ether oxygens (including phenoxy) is 1. The van der Waals surface area contributed by atoms with Gasteiger partial charge in [-0.1, -0.05) is 6.07 Å². The standard InChI is InChI=1S/C18H17F2NO5S/c1-11(17(22)12-7-8-15(19)16(20)10-12)26-18(23)13-5-4-6-14(9-13)27(24,25)21(2)3/h4-11H,1-3H3/t11-/m0/s1. The average Bonchev–Trinajstić information content (AvgIpc) is 2.63. The predicted molar refractivity (Wildman–Crippen MR) is 92.9 cm³/mol. The summed E-state index contributed by atoms with van der Waals surface area (Å²) in [4.78, 5) is 24.4. The van der Waals surface area contributed by atoms with Gasteiger partial charge in [-0.05, 0) is 43.3 Å². The number of carbonyl (C=O) groups is 2. The van der Waals surface area contributed by atoms with Gasteiger partial charge in [-0.2, -0.15) is 0 Å². The maximum Gasteiger partial charge on any atom is 0.338 e. The molecule has 0 spiro atoms. The smallest absolute Gasteiger partial charge is 0.338 e. The van der Waals surface area contributed by atoms with Crippen LogP contribution < -0.4 is 0 Å². The Balaban J connectivity index is 2.19. The van der Waals surface area contributed by atoms with Crippen LogP contribution in [0.1, 0.15) is 27.6 Å². The largest absolute Gasteiger partial charge is 0.451 e. The summed E-state index contributed by atoms with van der Waals surface area (Å²) in [6.07, 6.45) is -1.28. The second-order valence-corrected chi connectivity index (χ2v) is 8.01. The van der Waals surface area contributed by atoms with E-state index < -0.39 is 39.5 Å². The van der Waals surface area contributed by atoms with Gasteiger partial charge in [0.05, 0.1) is 10.5 Å². The SMILES string of the molecule is C[C@H](OC(=O)c1cccc(S(=O)(=O)N(C)C)c1)C(=O)c1ccc(F)c(F)c1. The third-order valence-electron chi connectivity index (χ3n) is 3.71. The summed E-state index contributed by atoms with van der Waals surface area (Å²) in [6.45, 7) is 1.28. The molecule has 27 heavy (non-hydrogen) atoms. The van der Waals surface area contributed by atoms with Gasteiger partial charge in [-0.25, -0.2) is 26.3 Å². The number of ketones is 1. The third kappa shape index (κ3) is 4.55. The number of halogens is 2. The van der Waals surface area contributed by atoms with Crippen LogP contribution in [0.15, 0.2) is 47.4 Å². The number of Topliss-reactive ketones (excluding diaryl/α,β-unsaturated/α-hetero) is 1. The number of nitrogens with zero attached hydrogens (tertiary/aromatic N) is 1. The lowest BCUT2D eigenvalue weighted by atomic mass is 10.1. The van der Waals surface area contributed by atoms with E-state index in [9.17, 15) is 26.8 Å². The first-order valence-electron chi connectivity index (χ1n) is 7.77. The van der Waals surface area contributed by atoms with Gasteiger partial charge in [0, 0.05) is 19.7 Å². The number of benzene rings is 2. The minimum Gasteiger partial charge on any atom is -0.451 e. The van der Waals surface area contributed by atoms with E-state index in [-0.39, 0.29) is 16.0 Å². The number of esters is 1. The number of hydrogen-bond donors (Lipinski definition) is 0. The molecule has 1 atom stereocenters. The molecule has 9 heteroatoms. The molecule has 144 valence electrons. The van der Waals surface area contributed by atoms with Crippen molar-refractivity contribution in [2.75, 3.05) is 14.1 Å². The molecule has 0 radical (unpaired) electrons. The number of rotatable bonds is 6. The molecule has 6 nitrogen and oxygen atoms in total. The predicted octanol–water partition coefficient (Wildman–Crippen LogP) is 2.64. The molecular weight excluding hydrogens is 380 g/mol. The molecule has 2 aromatic rings. The first kappa shape index (κ1) is 20.7. The fourth-order valence-electron chi connectivity index (χ4n) is 2.16. The molecule has 0 N–H and O–H groups in total. The van der Waals surface area contributed by atoms with Crippen LogP contribution in [-0.2, 0) is 14.8 Å². The van der Waals surface area contributed by atoms with Crippen molar-refractivity contribution in [3.05, 3.63) is 65.2 Å². The molecule has 0 aliphatic carbocycles. The Kier molecular flexibility index (Phi) is 6.07. The van der Waals surface area contributed by atoms with Crippen molar-refractivity contribution in [2.24, 2.45) is 0 Å². The summed E-state index contributed by atoms with van der Waals surface area (Å²) in [5, 5.41) is 0. The van der Waals surface area contributed by atoms with E-state index in [0.29, 0.717) is 6.07 Å². The van der Waals surface area contributed by atoms with Crippen molar-refractivity contribution in [3.8, 4) is 0 Å². The highest BCUT2D eigenvalue weighted by Crippen LogP contribution is 2.17. The fraction of sp³-hybridized carbons (Fsp3) is 0.222. The number of sulfonamides is 1. The Hall–Kier alpha value is -2.65. The lowest BCUT2D eigenvalue weighted by Gasteiger charge is -2.14. The molecule has 0 bridgehead atoms. The first-order chi connectivity index (χ1) is 12.5. The molecule has 2 rings (SSSR count). The van der Waals surface area contributed by atoms with Crippen molar-refractivity contribution in [2.45, 2.75) is 17.9 Å². The minimum absolute atomic E-state index is 0.0668. The number of hydrogen-bond acceptors (Lipinski definition) is 5. The van der Waals surface area contributed by atoms with Crippen LogP contribution in [-0.4, -0.2) is 44.7 Å². The van der Waals surface area contributed by atoms with Crippen molar-refractivity contribution < 1.29 is 31.5 Å². The van der Waals surface area contributed by atoms with E-state index >= 15 is 0 Å². The van der Waals surface area contributed by atoms with Crippen molar-refractivity contribution in [1.82, 2.24) is 4.31 Å². The van der Waals surface area contributed by atoms with Crippen molar-refractivity contribution in [1.29, 1.82) is 0 Å². The van der Waals surface area contributed by atoms with E-state index in [1.54, 1.807) is 0 Å². The van der Waals surface area contributed by atoms with Crippen LogP contribution in [0.25, 0.3) is 0 Å². The molecule has 0 heterocycles. The molecule has 0 amide bonds. The zero-order valence-corrected chi connectivity index (χ0v) is 15.6. The Morgan fingerprint density at radius 3 is 2.26 bits per heavy atom. The Morgan fingerprint density at radius 2 is 1.67 bits per heavy atom. The summed E-state index contributed by atoms with van der Waals surface area (Å²) in [7, 11) is -1.05. The second kappa shape index (κ2) is 7.93. The summed E-state index contributed by atoms with van der Waals surface area (Å²) in [6, 6.07) is 7.75. The molecule has 0 aliphatic rings. The lowest BCUT2D eigenvalue weighted by Crippen LogP contribution is -2.25. The summed E-state index contributed by atoms with van der Waals surface area (Å²) >= 11 is 0. The quantitative estimate of drug-likeness (QED) is 0.553. The van der Waals surface area contributed by atoms with E-state index in [4.69, 9.17) is 4.74 Å².